The predicted octanol–water partition coefficient (Wildman–Crippen LogP) is 3.69. The number of nitrogens with one attached hydrogen (secondary N) is 2. The summed E-state index contributed by atoms with van der Waals surface area (Å²) in [6.45, 7) is 9.79. The average Bonchev–Trinajstić information content (AvgIpc) is 3.57. The Hall–Kier alpha value is -3.08. The summed E-state index contributed by atoms with van der Waals surface area (Å²) in [6, 6.07) is 5.89. The number of nitrogens with zero attached hydrogens (tertiary/aromatic N) is 5. The van der Waals surface area contributed by atoms with E-state index in [-0.39, 0.29) is 11.9 Å². The van der Waals surface area contributed by atoms with E-state index in [0.717, 1.165) is 42.8 Å². The minimum Gasteiger partial charge on any atom is -0.383 e. The Morgan fingerprint density at radius 2 is 2.00 bits per heavy atom. The van der Waals surface area contributed by atoms with Crippen molar-refractivity contribution in [3.63, 3.8) is 0 Å². The third-order valence-corrected chi connectivity index (χ3v) is 7.18. The maximum absolute atomic E-state index is 13.5. The highest BCUT2D eigenvalue weighted by molar-refractivity contribution is 9.10. The molecule has 2 N–H and O–H groups in total. The van der Waals surface area contributed by atoms with Crippen LogP contribution < -0.4 is 10.6 Å². The molecule has 2 saturated heterocycles. The van der Waals surface area contributed by atoms with Crippen LogP contribution in [-0.2, 0) is 14.2 Å². The Balaban J connectivity index is 1.38. The SMILES string of the molecule is CC(C)n1cc(C(=O)Nc2cc(NCCN3CCOCC3)c(C#N)cn2)c2nc(C3OCCO3)c(Br)cc21. The van der Waals surface area contributed by atoms with E-state index in [9.17, 15) is 10.1 Å². The summed E-state index contributed by atoms with van der Waals surface area (Å²) in [5, 5.41) is 15.7. The van der Waals surface area contributed by atoms with Crippen molar-refractivity contribution in [3.8, 4) is 6.07 Å². The Kier molecular flexibility index (Phi) is 8.21. The lowest BCUT2D eigenvalue weighted by Gasteiger charge is -2.26. The number of ether oxygens (including phenoxy) is 3. The van der Waals surface area contributed by atoms with Crippen LogP contribution in [0.3, 0.4) is 0 Å². The first-order chi connectivity index (χ1) is 18.4. The van der Waals surface area contributed by atoms with Crippen molar-refractivity contribution in [2.45, 2.75) is 26.2 Å². The van der Waals surface area contributed by atoms with E-state index in [2.05, 4.69) is 42.5 Å². The quantitative estimate of drug-likeness (QED) is 0.408. The molecule has 0 bridgehead atoms. The number of fused-ring (bicyclic) bond motifs is 1. The van der Waals surface area contributed by atoms with Crippen LogP contribution in [0.4, 0.5) is 11.5 Å². The molecule has 0 atom stereocenters. The molecule has 0 radical (unpaired) electrons. The number of hydrogen-bond donors (Lipinski definition) is 2. The number of amides is 1. The van der Waals surface area contributed by atoms with Crippen molar-refractivity contribution < 1.29 is 19.0 Å². The van der Waals surface area contributed by atoms with Gasteiger partial charge in [-0.05, 0) is 35.8 Å². The van der Waals surface area contributed by atoms with Gasteiger partial charge in [0.15, 0.2) is 0 Å². The number of halogens is 1. The van der Waals surface area contributed by atoms with Crippen molar-refractivity contribution in [2.75, 3.05) is 63.2 Å². The first-order valence-corrected chi connectivity index (χ1v) is 13.4. The minimum absolute atomic E-state index is 0.105. The summed E-state index contributed by atoms with van der Waals surface area (Å²) in [5.41, 5.74) is 3.40. The van der Waals surface area contributed by atoms with Crippen LogP contribution in [0, 0.1) is 11.3 Å². The molecule has 0 spiro atoms. The van der Waals surface area contributed by atoms with E-state index < -0.39 is 6.29 Å². The molecule has 11 nitrogen and oxygen atoms in total. The van der Waals surface area contributed by atoms with Crippen LogP contribution in [0.25, 0.3) is 11.0 Å². The van der Waals surface area contributed by atoms with Gasteiger partial charge in [0.05, 0.1) is 48.8 Å². The van der Waals surface area contributed by atoms with E-state index in [1.54, 1.807) is 12.3 Å². The lowest BCUT2D eigenvalue weighted by molar-refractivity contribution is -0.0476. The number of carbonyl (C=O) groups is 1. The van der Waals surface area contributed by atoms with Crippen molar-refractivity contribution in [1.29, 1.82) is 5.26 Å². The van der Waals surface area contributed by atoms with Crippen molar-refractivity contribution in [1.82, 2.24) is 19.4 Å². The lowest BCUT2D eigenvalue weighted by Crippen LogP contribution is -2.39. The summed E-state index contributed by atoms with van der Waals surface area (Å²) >= 11 is 3.59. The zero-order valence-corrected chi connectivity index (χ0v) is 23.0. The first kappa shape index (κ1) is 26.5. The molecule has 0 unspecified atom stereocenters. The topological polar surface area (TPSA) is 127 Å². The second kappa shape index (κ2) is 11.8. The molecule has 0 aliphatic carbocycles. The zero-order valence-electron chi connectivity index (χ0n) is 21.4. The van der Waals surface area contributed by atoms with Crippen LogP contribution in [0.15, 0.2) is 29.0 Å². The molecule has 0 saturated carbocycles. The van der Waals surface area contributed by atoms with Crippen LogP contribution in [-0.4, -0.2) is 77.9 Å². The summed E-state index contributed by atoms with van der Waals surface area (Å²) in [5.74, 6) is -0.00646. The average molecular weight is 584 g/mol. The van der Waals surface area contributed by atoms with E-state index in [1.165, 1.54) is 6.20 Å². The third kappa shape index (κ3) is 5.67. The highest BCUT2D eigenvalue weighted by Gasteiger charge is 2.26. The number of nitriles is 1. The second-order valence-corrected chi connectivity index (χ2v) is 10.3. The number of carbonyl (C=O) groups excluding carboxylic acids is 1. The van der Waals surface area contributed by atoms with Gasteiger partial charge in [0, 0.05) is 55.2 Å². The monoisotopic (exact) mass is 583 g/mol. The van der Waals surface area contributed by atoms with Crippen LogP contribution >= 0.6 is 15.9 Å². The Bertz CT molecular complexity index is 1360. The number of rotatable bonds is 8. The van der Waals surface area contributed by atoms with Gasteiger partial charge in [-0.15, -0.1) is 0 Å². The number of anilines is 2. The Labute approximate surface area is 229 Å². The minimum atomic E-state index is -0.585. The molecule has 3 aromatic rings. The van der Waals surface area contributed by atoms with Crippen LogP contribution in [0.2, 0.25) is 0 Å². The number of aromatic nitrogens is 3. The number of morpholine rings is 1. The molecule has 5 heterocycles. The van der Waals surface area contributed by atoms with Crippen LogP contribution in [0.5, 0.6) is 0 Å². The zero-order chi connectivity index (χ0) is 26.6. The van der Waals surface area contributed by atoms with Crippen LogP contribution in [0.1, 0.15) is 47.8 Å². The fourth-order valence-corrected chi connectivity index (χ4v) is 5.04. The summed E-state index contributed by atoms with van der Waals surface area (Å²) in [4.78, 5) is 24.9. The summed E-state index contributed by atoms with van der Waals surface area (Å²) in [6.07, 6.45) is 2.68. The molecule has 200 valence electrons. The second-order valence-electron chi connectivity index (χ2n) is 9.40. The maximum atomic E-state index is 13.5. The normalized spacial score (nSPS) is 16.7. The van der Waals surface area contributed by atoms with Gasteiger partial charge in [-0.2, -0.15) is 5.26 Å². The van der Waals surface area contributed by atoms with E-state index in [0.29, 0.717) is 53.6 Å². The van der Waals surface area contributed by atoms with Gasteiger partial charge in [-0.25, -0.2) is 9.97 Å². The highest BCUT2D eigenvalue weighted by Crippen LogP contribution is 2.34. The maximum Gasteiger partial charge on any atom is 0.260 e. The third-order valence-electron chi connectivity index (χ3n) is 6.54. The highest BCUT2D eigenvalue weighted by atomic mass is 79.9. The molecule has 0 aromatic carbocycles. The molecule has 1 amide bonds. The molecule has 2 aliphatic rings. The smallest absolute Gasteiger partial charge is 0.260 e. The fraction of sp³-hybridized carbons (Fsp3) is 0.462. The molecule has 2 fully saturated rings. The van der Waals surface area contributed by atoms with E-state index in [1.807, 2.05) is 24.5 Å². The van der Waals surface area contributed by atoms with E-state index >= 15 is 0 Å². The Morgan fingerprint density at radius 1 is 1.24 bits per heavy atom. The molecule has 38 heavy (non-hydrogen) atoms. The first-order valence-electron chi connectivity index (χ1n) is 12.6. The van der Waals surface area contributed by atoms with Gasteiger partial charge in [-0.1, -0.05) is 0 Å². The Morgan fingerprint density at radius 3 is 2.71 bits per heavy atom. The molecular formula is C26H30BrN7O4. The number of hydrogen-bond acceptors (Lipinski definition) is 9. The standard InChI is InChI=1S/C26H30BrN7O4/c1-16(2)34-15-18(23-21(34)11-19(27)24(32-23)26-37-9-10-38-26)25(35)31-22-12-20(17(13-28)14-30-22)29-3-4-33-5-7-36-8-6-33/h11-12,14-16,26H,3-10H2,1-2H3,(H2,29,30,31,35). The van der Waals surface area contributed by atoms with Crippen molar-refractivity contribution in [2.24, 2.45) is 0 Å². The summed E-state index contributed by atoms with van der Waals surface area (Å²) < 4.78 is 19.5. The lowest BCUT2D eigenvalue weighted by atomic mass is 10.2. The van der Waals surface area contributed by atoms with Gasteiger partial charge in [0.1, 0.15) is 23.1 Å². The molecule has 5 rings (SSSR count). The van der Waals surface area contributed by atoms with Gasteiger partial charge in [0.2, 0.25) is 6.29 Å². The molecule has 3 aromatic heterocycles. The van der Waals surface area contributed by atoms with Gasteiger partial charge in [0.25, 0.3) is 5.91 Å². The van der Waals surface area contributed by atoms with Gasteiger partial charge in [-0.3, -0.25) is 9.69 Å². The van der Waals surface area contributed by atoms with Crippen molar-refractivity contribution >= 4 is 44.4 Å². The van der Waals surface area contributed by atoms with Gasteiger partial charge >= 0.3 is 0 Å². The fourth-order valence-electron chi connectivity index (χ4n) is 4.55. The van der Waals surface area contributed by atoms with E-state index in [4.69, 9.17) is 19.2 Å². The van der Waals surface area contributed by atoms with Gasteiger partial charge < -0.3 is 29.4 Å². The predicted molar refractivity (Wildman–Crippen MR) is 145 cm³/mol. The molecule has 12 heteroatoms. The van der Waals surface area contributed by atoms with Crippen molar-refractivity contribution in [3.05, 3.63) is 45.8 Å². The largest absolute Gasteiger partial charge is 0.383 e. The summed E-state index contributed by atoms with van der Waals surface area (Å²) in [7, 11) is 0. The molecule has 2 aliphatic heterocycles. The number of pyridine rings is 2. The molecular weight excluding hydrogens is 554 g/mol.